The highest BCUT2D eigenvalue weighted by Gasteiger charge is 2.26. The Hall–Kier alpha value is -1.58. The fourth-order valence-corrected chi connectivity index (χ4v) is 3.60. The minimum absolute atomic E-state index is 0.211. The molecule has 0 unspecified atom stereocenters. The molecule has 1 aromatic rings. The number of nitrogens with zero attached hydrogens (tertiary/aromatic N) is 2. The molecule has 2 heterocycles. The summed E-state index contributed by atoms with van der Waals surface area (Å²) in [4.78, 5) is 18.5. The van der Waals surface area contributed by atoms with Crippen LogP contribution in [-0.4, -0.2) is 35.0 Å². The lowest BCUT2D eigenvalue weighted by atomic mass is 9.86. The van der Waals surface area contributed by atoms with Crippen LogP contribution in [0.25, 0.3) is 0 Å². The molecule has 1 aliphatic heterocycles. The normalized spacial score (nSPS) is 20.8. The number of aromatic nitrogens is 1. The predicted molar refractivity (Wildman–Crippen MR) is 85.7 cm³/mol. The lowest BCUT2D eigenvalue weighted by Gasteiger charge is -2.33. The molecule has 3 rings (SSSR count). The summed E-state index contributed by atoms with van der Waals surface area (Å²) in [7, 11) is 0. The Morgan fingerprint density at radius 2 is 1.95 bits per heavy atom. The van der Waals surface area contributed by atoms with Crippen molar-refractivity contribution in [1.29, 1.82) is 0 Å². The Balaban J connectivity index is 1.42. The summed E-state index contributed by atoms with van der Waals surface area (Å²) in [6, 6.07) is 3.83. The van der Waals surface area contributed by atoms with Crippen LogP contribution in [0.5, 0.6) is 5.75 Å². The molecular formula is C18H26N2O2. The first-order valence-corrected chi connectivity index (χ1v) is 8.66. The van der Waals surface area contributed by atoms with E-state index in [-0.39, 0.29) is 6.10 Å². The Morgan fingerprint density at radius 1 is 1.18 bits per heavy atom. The predicted octanol–water partition coefficient (Wildman–Crippen LogP) is 3.42. The number of piperidine rings is 1. The van der Waals surface area contributed by atoms with Crippen LogP contribution < -0.4 is 4.74 Å². The summed E-state index contributed by atoms with van der Waals surface area (Å²) in [6.07, 6.45) is 12.8. The zero-order valence-electron chi connectivity index (χ0n) is 13.2. The third-order valence-electron chi connectivity index (χ3n) is 4.92. The van der Waals surface area contributed by atoms with E-state index < -0.39 is 0 Å². The van der Waals surface area contributed by atoms with E-state index >= 15 is 0 Å². The highest BCUT2D eigenvalue weighted by molar-refractivity contribution is 5.76. The minimum atomic E-state index is 0.211. The van der Waals surface area contributed by atoms with Crippen LogP contribution >= 0.6 is 0 Å². The van der Waals surface area contributed by atoms with Crippen LogP contribution in [0.4, 0.5) is 0 Å². The average molecular weight is 302 g/mol. The SMILES string of the molecule is O=C(CC1CCCCC1)N1CCC(Oc2cccnc2)CC1. The van der Waals surface area contributed by atoms with Gasteiger partial charge in [-0.15, -0.1) is 0 Å². The molecule has 2 aliphatic rings. The van der Waals surface area contributed by atoms with Gasteiger partial charge >= 0.3 is 0 Å². The third-order valence-corrected chi connectivity index (χ3v) is 4.92. The molecule has 4 heteroatoms. The van der Waals surface area contributed by atoms with E-state index in [1.807, 2.05) is 17.0 Å². The van der Waals surface area contributed by atoms with Crippen molar-refractivity contribution in [1.82, 2.24) is 9.88 Å². The molecule has 0 spiro atoms. The van der Waals surface area contributed by atoms with Gasteiger partial charge in [0.2, 0.25) is 5.91 Å². The van der Waals surface area contributed by atoms with Crippen molar-refractivity contribution < 1.29 is 9.53 Å². The van der Waals surface area contributed by atoms with Gasteiger partial charge in [-0.2, -0.15) is 0 Å². The Labute approximate surface area is 132 Å². The number of pyridine rings is 1. The van der Waals surface area contributed by atoms with Crippen LogP contribution in [-0.2, 0) is 4.79 Å². The zero-order valence-corrected chi connectivity index (χ0v) is 13.2. The number of hydrogen-bond donors (Lipinski definition) is 0. The lowest BCUT2D eigenvalue weighted by Crippen LogP contribution is -2.42. The van der Waals surface area contributed by atoms with Gasteiger partial charge in [-0.05, 0) is 30.9 Å². The van der Waals surface area contributed by atoms with E-state index in [2.05, 4.69) is 4.98 Å². The summed E-state index contributed by atoms with van der Waals surface area (Å²) in [6.45, 7) is 1.66. The number of carbonyl (C=O) groups excluding carboxylic acids is 1. The van der Waals surface area contributed by atoms with E-state index in [4.69, 9.17) is 4.74 Å². The van der Waals surface area contributed by atoms with Gasteiger partial charge in [0.15, 0.2) is 0 Å². The monoisotopic (exact) mass is 302 g/mol. The fourth-order valence-electron chi connectivity index (χ4n) is 3.60. The first-order valence-electron chi connectivity index (χ1n) is 8.66. The van der Waals surface area contributed by atoms with Crippen LogP contribution in [0.15, 0.2) is 24.5 Å². The van der Waals surface area contributed by atoms with Crippen molar-refractivity contribution in [3.63, 3.8) is 0 Å². The second-order valence-corrected chi connectivity index (χ2v) is 6.59. The van der Waals surface area contributed by atoms with Gasteiger partial charge in [0.1, 0.15) is 11.9 Å². The van der Waals surface area contributed by atoms with Gasteiger partial charge in [-0.25, -0.2) is 0 Å². The zero-order chi connectivity index (χ0) is 15.2. The standard InChI is InChI=1S/C18H26N2O2/c21-18(13-15-5-2-1-3-6-15)20-11-8-16(9-12-20)22-17-7-4-10-19-14-17/h4,7,10,14-16H,1-3,5-6,8-9,11-13H2. The number of carbonyl (C=O) groups is 1. The smallest absolute Gasteiger partial charge is 0.222 e. The highest BCUT2D eigenvalue weighted by Crippen LogP contribution is 2.27. The quantitative estimate of drug-likeness (QED) is 0.856. The molecule has 0 aromatic carbocycles. The van der Waals surface area contributed by atoms with Crippen molar-refractivity contribution in [3.8, 4) is 5.75 Å². The third kappa shape index (κ3) is 4.21. The van der Waals surface area contributed by atoms with Crippen molar-refractivity contribution in [2.45, 2.75) is 57.5 Å². The summed E-state index contributed by atoms with van der Waals surface area (Å²) in [5.74, 6) is 1.81. The van der Waals surface area contributed by atoms with Crippen molar-refractivity contribution in [3.05, 3.63) is 24.5 Å². The first kappa shape index (κ1) is 15.3. The Bertz CT molecular complexity index is 463. The summed E-state index contributed by atoms with van der Waals surface area (Å²) >= 11 is 0. The minimum Gasteiger partial charge on any atom is -0.489 e. The summed E-state index contributed by atoms with van der Waals surface area (Å²) < 4.78 is 5.93. The second-order valence-electron chi connectivity index (χ2n) is 6.59. The molecule has 1 aromatic heterocycles. The van der Waals surface area contributed by atoms with Gasteiger partial charge in [0, 0.05) is 38.5 Å². The maximum absolute atomic E-state index is 12.4. The summed E-state index contributed by atoms with van der Waals surface area (Å²) in [5.41, 5.74) is 0. The highest BCUT2D eigenvalue weighted by atomic mass is 16.5. The van der Waals surface area contributed by atoms with Gasteiger partial charge in [0.05, 0.1) is 6.20 Å². The Morgan fingerprint density at radius 3 is 2.64 bits per heavy atom. The van der Waals surface area contributed by atoms with E-state index in [0.29, 0.717) is 11.8 Å². The molecule has 4 nitrogen and oxygen atoms in total. The molecule has 120 valence electrons. The van der Waals surface area contributed by atoms with Crippen molar-refractivity contribution in [2.75, 3.05) is 13.1 Å². The molecule has 0 bridgehead atoms. The van der Waals surface area contributed by atoms with Gasteiger partial charge in [-0.1, -0.05) is 19.3 Å². The molecule has 0 atom stereocenters. The van der Waals surface area contributed by atoms with Gasteiger partial charge < -0.3 is 9.64 Å². The number of hydrogen-bond acceptors (Lipinski definition) is 3. The molecule has 0 N–H and O–H groups in total. The Kier molecular flexibility index (Phi) is 5.30. The average Bonchev–Trinajstić information content (AvgIpc) is 2.57. The van der Waals surface area contributed by atoms with Crippen LogP contribution in [0, 0.1) is 5.92 Å². The van der Waals surface area contributed by atoms with Crippen LogP contribution in [0.2, 0.25) is 0 Å². The van der Waals surface area contributed by atoms with Gasteiger partial charge in [-0.3, -0.25) is 9.78 Å². The van der Waals surface area contributed by atoms with Gasteiger partial charge in [0.25, 0.3) is 0 Å². The number of amides is 1. The molecule has 1 amide bonds. The topological polar surface area (TPSA) is 42.4 Å². The molecule has 1 saturated carbocycles. The molecule has 1 saturated heterocycles. The number of rotatable bonds is 4. The summed E-state index contributed by atoms with van der Waals surface area (Å²) in [5, 5.41) is 0. The second kappa shape index (κ2) is 7.61. The van der Waals surface area contributed by atoms with E-state index in [1.54, 1.807) is 12.4 Å². The molecule has 2 fully saturated rings. The molecular weight excluding hydrogens is 276 g/mol. The first-order chi connectivity index (χ1) is 10.8. The van der Waals surface area contributed by atoms with Crippen molar-refractivity contribution in [2.24, 2.45) is 5.92 Å². The molecule has 22 heavy (non-hydrogen) atoms. The van der Waals surface area contributed by atoms with Crippen molar-refractivity contribution >= 4 is 5.91 Å². The largest absolute Gasteiger partial charge is 0.489 e. The number of likely N-dealkylation sites (tertiary alicyclic amines) is 1. The molecule has 0 radical (unpaired) electrons. The maximum atomic E-state index is 12.4. The van der Waals surface area contributed by atoms with Crippen LogP contribution in [0.3, 0.4) is 0 Å². The number of ether oxygens (including phenoxy) is 1. The van der Waals surface area contributed by atoms with Crippen LogP contribution in [0.1, 0.15) is 51.4 Å². The fraction of sp³-hybridized carbons (Fsp3) is 0.667. The molecule has 1 aliphatic carbocycles. The van der Waals surface area contributed by atoms with E-state index in [0.717, 1.165) is 38.1 Å². The maximum Gasteiger partial charge on any atom is 0.222 e. The van der Waals surface area contributed by atoms with E-state index in [9.17, 15) is 4.79 Å². The lowest BCUT2D eigenvalue weighted by molar-refractivity contribution is -0.134. The van der Waals surface area contributed by atoms with E-state index in [1.165, 1.54) is 32.1 Å².